The van der Waals surface area contributed by atoms with Crippen molar-refractivity contribution in [3.05, 3.63) is 71.8 Å². The molecule has 2 aromatic carbocycles. The van der Waals surface area contributed by atoms with Crippen LogP contribution in [-0.4, -0.2) is 105 Å². The van der Waals surface area contributed by atoms with Crippen LogP contribution in [0, 0.1) is 35.5 Å². The third-order valence-corrected chi connectivity index (χ3v) is 12.7. The topological polar surface area (TPSA) is 249 Å². The number of Topliss-reactive ketones (excluding diaryl/α,β-unsaturated/α-hetero) is 2. The Labute approximate surface area is 437 Å². The van der Waals surface area contributed by atoms with E-state index in [0.29, 0.717) is 24.0 Å². The fraction of sp³-hybridized carbons (Fsp3) is 0.571. The number of nitrogens with one attached hydrogen (secondary N) is 6. The third kappa shape index (κ3) is 20.5. The van der Waals surface area contributed by atoms with Gasteiger partial charge in [0, 0.05) is 111 Å². The number of likely N-dealkylation sites (tertiary alicyclic amines) is 1. The Morgan fingerprint density at radius 2 is 0.986 bits per heavy atom. The number of amides is 8. The van der Waals surface area contributed by atoms with Gasteiger partial charge >= 0.3 is 0 Å². The first-order valence-electron chi connectivity index (χ1n) is 25.9. The van der Waals surface area contributed by atoms with Crippen molar-refractivity contribution >= 4 is 70.2 Å². The van der Waals surface area contributed by atoms with Crippen LogP contribution in [-0.2, 0) is 61.0 Å². The summed E-state index contributed by atoms with van der Waals surface area (Å²) in [6.07, 6.45) is 2.26. The zero-order valence-electron chi connectivity index (χ0n) is 45.8. The molecule has 406 valence electrons. The predicted octanol–water partition coefficient (Wildman–Crippen LogP) is 5.84. The molecule has 1 unspecified atom stereocenters. The van der Waals surface area contributed by atoms with Gasteiger partial charge in [0.15, 0.2) is 11.6 Å². The number of carbonyl (C=O) groups excluding carboxylic acids is 10. The second-order valence-corrected chi connectivity index (χ2v) is 21.8. The van der Waals surface area contributed by atoms with Crippen molar-refractivity contribution in [3.63, 3.8) is 0 Å². The average Bonchev–Trinajstić information content (AvgIpc) is 3.80. The Kier molecular flexibility index (Phi) is 24.2. The summed E-state index contributed by atoms with van der Waals surface area (Å²) in [5.74, 6) is -5.15. The lowest BCUT2D eigenvalue weighted by Crippen LogP contribution is -2.46. The fourth-order valence-corrected chi connectivity index (χ4v) is 7.95. The molecular formula is C56H82N8O10. The van der Waals surface area contributed by atoms with E-state index in [1.54, 1.807) is 27.7 Å². The maximum Gasteiger partial charge on any atom is 0.253 e. The van der Waals surface area contributed by atoms with E-state index >= 15 is 0 Å². The number of nitrogens with zero attached hydrogens (tertiary/aromatic N) is 2. The van der Waals surface area contributed by atoms with Gasteiger partial charge in [-0.3, -0.25) is 57.7 Å². The van der Waals surface area contributed by atoms with Crippen molar-refractivity contribution in [2.24, 2.45) is 35.5 Å². The quantitative estimate of drug-likeness (QED) is 0.0608. The van der Waals surface area contributed by atoms with Gasteiger partial charge in [-0.15, -0.1) is 0 Å². The Balaban J connectivity index is 0.000000391. The molecule has 5 atom stereocenters. The summed E-state index contributed by atoms with van der Waals surface area (Å²) in [6, 6.07) is 13.9. The van der Waals surface area contributed by atoms with Gasteiger partial charge in [0.2, 0.25) is 35.4 Å². The summed E-state index contributed by atoms with van der Waals surface area (Å²) in [4.78, 5) is 126. The molecule has 4 rings (SSSR count). The van der Waals surface area contributed by atoms with E-state index in [4.69, 9.17) is 0 Å². The molecule has 0 radical (unpaired) electrons. The highest BCUT2D eigenvalue weighted by Gasteiger charge is 2.40. The lowest BCUT2D eigenvalue weighted by molar-refractivity contribution is -0.141. The molecule has 0 bridgehead atoms. The molecule has 6 N–H and O–H groups in total. The number of ketones is 2. The van der Waals surface area contributed by atoms with Gasteiger partial charge in [-0.05, 0) is 73.9 Å². The van der Waals surface area contributed by atoms with Gasteiger partial charge in [0.05, 0.1) is 12.1 Å². The van der Waals surface area contributed by atoms with E-state index in [0.717, 1.165) is 39.6 Å². The van der Waals surface area contributed by atoms with Crippen LogP contribution in [0.3, 0.4) is 0 Å². The summed E-state index contributed by atoms with van der Waals surface area (Å²) in [6.45, 7) is 26.2. The van der Waals surface area contributed by atoms with E-state index in [1.165, 1.54) is 0 Å². The van der Waals surface area contributed by atoms with Crippen molar-refractivity contribution < 1.29 is 47.9 Å². The minimum absolute atomic E-state index is 0.00312. The Bertz CT molecular complexity index is 2320. The van der Waals surface area contributed by atoms with Gasteiger partial charge in [-0.25, -0.2) is 0 Å². The van der Waals surface area contributed by atoms with Crippen molar-refractivity contribution in [1.82, 2.24) is 31.1 Å². The van der Waals surface area contributed by atoms with Crippen LogP contribution >= 0.6 is 0 Å². The Morgan fingerprint density at radius 3 is 1.35 bits per heavy atom. The molecule has 8 amide bonds. The van der Waals surface area contributed by atoms with Gasteiger partial charge in [-0.2, -0.15) is 0 Å². The fourth-order valence-electron chi connectivity index (χ4n) is 7.95. The summed E-state index contributed by atoms with van der Waals surface area (Å²) in [7, 11) is 0. The van der Waals surface area contributed by atoms with Crippen LogP contribution in [0.2, 0.25) is 0 Å². The molecule has 0 aliphatic carbocycles. The monoisotopic (exact) mass is 1030 g/mol. The number of anilines is 2. The second kappa shape index (κ2) is 28.9. The van der Waals surface area contributed by atoms with Crippen molar-refractivity contribution in [3.8, 4) is 0 Å². The zero-order chi connectivity index (χ0) is 55.6. The van der Waals surface area contributed by atoms with E-state index in [1.807, 2.05) is 76.2 Å². The van der Waals surface area contributed by atoms with E-state index in [-0.39, 0.29) is 110 Å². The van der Waals surface area contributed by atoms with E-state index in [2.05, 4.69) is 66.5 Å². The van der Waals surface area contributed by atoms with Crippen molar-refractivity contribution in [2.75, 3.05) is 23.7 Å². The van der Waals surface area contributed by atoms with Crippen molar-refractivity contribution in [2.45, 2.75) is 159 Å². The SMILES string of the molecule is CC(C)NCc1ccc(NC(=O)[C@H](C)CC(=O)[C@@H](NC(=O)CCN2C(=O)CC(C(C)C)C2=O)C(C)C)cc1.CC(C)[C@H](NC(=O)CCN1C(=O)C=CC1=O)C(=O)C[C@@H](C)C(=O)Nc1ccc(CNC(C)(C)C)cc1. The zero-order valence-corrected chi connectivity index (χ0v) is 45.8. The molecule has 1 saturated heterocycles. The first-order chi connectivity index (χ1) is 34.6. The number of hydrogen-bond donors (Lipinski definition) is 6. The molecule has 74 heavy (non-hydrogen) atoms. The van der Waals surface area contributed by atoms with Crippen LogP contribution in [0.4, 0.5) is 11.4 Å². The first-order valence-corrected chi connectivity index (χ1v) is 25.9. The lowest BCUT2D eigenvalue weighted by Gasteiger charge is -2.23. The molecule has 0 spiro atoms. The molecule has 0 saturated carbocycles. The lowest BCUT2D eigenvalue weighted by atomic mass is 9.92. The van der Waals surface area contributed by atoms with Gasteiger partial charge in [0.1, 0.15) is 0 Å². The highest BCUT2D eigenvalue weighted by molar-refractivity contribution is 6.13. The summed E-state index contributed by atoms with van der Waals surface area (Å²) in [5.41, 5.74) is 3.51. The van der Waals surface area contributed by atoms with E-state index < -0.39 is 47.5 Å². The summed E-state index contributed by atoms with van der Waals surface area (Å²) < 4.78 is 0. The smallest absolute Gasteiger partial charge is 0.253 e. The molecule has 18 nitrogen and oxygen atoms in total. The molecule has 1 fully saturated rings. The number of benzene rings is 2. The predicted molar refractivity (Wildman–Crippen MR) is 285 cm³/mol. The van der Waals surface area contributed by atoms with Crippen molar-refractivity contribution in [1.29, 1.82) is 0 Å². The standard InChI is InChI=1S/C29H44N4O5.C27H38N4O5/c1-17(2)23-15-26(36)33(29(23)38)13-12-25(35)32-27(18(3)4)24(34)14-20(7)28(37)31-22-10-8-21(9-11-22)16-30-19(5)6;1-17(2)25(30-22(33)13-14-31-23(34)11-12-24(31)35)21(32)15-18(3)26(36)29-20-9-7-19(8-10-20)16-28-27(4,5)6/h8-11,17-20,23,27,30H,12-16H2,1-7H3,(H,31,37)(H,32,35);7-12,17-18,25,28H,13-16H2,1-6H3,(H,29,36)(H,30,33)/t20-,23?,27+;18-,25+/m11/s1. The Hall–Kier alpha value is -6.40. The third-order valence-electron chi connectivity index (χ3n) is 12.7. The number of imide groups is 2. The number of rotatable bonds is 26. The average molecular weight is 1030 g/mol. The molecule has 2 aromatic rings. The van der Waals surface area contributed by atoms with Crippen LogP contribution < -0.4 is 31.9 Å². The van der Waals surface area contributed by atoms with Crippen LogP contribution in [0.5, 0.6) is 0 Å². The summed E-state index contributed by atoms with van der Waals surface area (Å²) >= 11 is 0. The number of hydrogen-bond acceptors (Lipinski definition) is 12. The first kappa shape index (κ1) is 61.9. The number of carbonyl (C=O) groups is 10. The largest absolute Gasteiger partial charge is 0.346 e. The second-order valence-electron chi connectivity index (χ2n) is 21.8. The Morgan fingerprint density at radius 1 is 0.581 bits per heavy atom. The molecule has 2 aliphatic rings. The van der Waals surface area contributed by atoms with Gasteiger partial charge in [-0.1, -0.05) is 93.5 Å². The maximum absolute atomic E-state index is 13.0. The highest BCUT2D eigenvalue weighted by Crippen LogP contribution is 2.26. The molecular weight excluding hydrogens is 945 g/mol. The minimum atomic E-state index is -0.773. The van der Waals surface area contributed by atoms with Crippen LogP contribution in [0.15, 0.2) is 60.7 Å². The molecule has 18 heteroatoms. The van der Waals surface area contributed by atoms with Crippen LogP contribution in [0.1, 0.15) is 133 Å². The minimum Gasteiger partial charge on any atom is -0.346 e. The summed E-state index contributed by atoms with van der Waals surface area (Å²) in [5, 5.41) is 17.9. The molecule has 2 aliphatic heterocycles. The van der Waals surface area contributed by atoms with Gasteiger partial charge < -0.3 is 31.9 Å². The normalized spacial score (nSPS) is 16.3. The van der Waals surface area contributed by atoms with Crippen LogP contribution in [0.25, 0.3) is 0 Å². The maximum atomic E-state index is 13.0. The highest BCUT2D eigenvalue weighted by atomic mass is 16.2. The van der Waals surface area contributed by atoms with E-state index in [9.17, 15) is 47.9 Å². The van der Waals surface area contributed by atoms with Gasteiger partial charge in [0.25, 0.3) is 11.8 Å². The molecule has 0 aromatic heterocycles. The molecule has 2 heterocycles.